The van der Waals surface area contributed by atoms with E-state index in [4.69, 9.17) is 4.74 Å². The Labute approximate surface area is 131 Å². The van der Waals surface area contributed by atoms with Crippen LogP contribution in [-0.4, -0.2) is 47.2 Å². The van der Waals surface area contributed by atoms with Crippen LogP contribution in [0, 0.1) is 0 Å². The van der Waals surface area contributed by atoms with Gasteiger partial charge in [0.05, 0.1) is 0 Å². The Bertz CT molecular complexity index is 610. The molecule has 2 aromatic rings. The minimum Gasteiger partial charge on any atom is -0.374 e. The molecule has 0 radical (unpaired) electrons. The smallest absolute Gasteiger partial charge is 0.276 e. The zero-order valence-electron chi connectivity index (χ0n) is 12.3. The predicted molar refractivity (Wildman–Crippen MR) is 82.8 cm³/mol. The maximum Gasteiger partial charge on any atom is 0.276 e. The van der Waals surface area contributed by atoms with Crippen LogP contribution in [0.1, 0.15) is 33.5 Å². The van der Waals surface area contributed by atoms with Gasteiger partial charge in [-0.05, 0) is 21.0 Å². The van der Waals surface area contributed by atoms with Gasteiger partial charge in [-0.3, -0.25) is 10.1 Å². The molecule has 0 aromatic carbocycles. The van der Waals surface area contributed by atoms with Crippen molar-refractivity contribution in [1.82, 2.24) is 20.1 Å². The van der Waals surface area contributed by atoms with Crippen LogP contribution in [0.5, 0.6) is 0 Å². The van der Waals surface area contributed by atoms with Crippen molar-refractivity contribution >= 4 is 33.7 Å². The number of ether oxygens (including phenoxy) is 1. The van der Waals surface area contributed by atoms with Crippen LogP contribution in [0.15, 0.2) is 5.38 Å². The molecule has 9 heteroatoms. The number of nitrogens with one attached hydrogen (secondary N) is 1. The van der Waals surface area contributed by atoms with Gasteiger partial charge in [0.2, 0.25) is 5.13 Å². The van der Waals surface area contributed by atoms with Gasteiger partial charge in [-0.1, -0.05) is 11.3 Å². The van der Waals surface area contributed by atoms with Gasteiger partial charge in [-0.2, -0.15) is 0 Å². The molecule has 114 valence electrons. The number of anilines is 1. The van der Waals surface area contributed by atoms with Gasteiger partial charge in [0.15, 0.2) is 0 Å². The third-order valence-electron chi connectivity index (χ3n) is 2.60. The summed E-state index contributed by atoms with van der Waals surface area (Å²) in [5.41, 5.74) is 0.397. The summed E-state index contributed by atoms with van der Waals surface area (Å²) in [4.78, 5) is 18.4. The lowest BCUT2D eigenvalue weighted by molar-refractivity contribution is 0.102. The highest BCUT2D eigenvalue weighted by Crippen LogP contribution is 2.23. The molecule has 7 nitrogen and oxygen atoms in total. The van der Waals surface area contributed by atoms with E-state index in [2.05, 4.69) is 20.5 Å². The first-order chi connectivity index (χ1) is 9.99. The summed E-state index contributed by atoms with van der Waals surface area (Å²) in [7, 11) is 5.52. The molecule has 0 aliphatic carbocycles. The van der Waals surface area contributed by atoms with Gasteiger partial charge >= 0.3 is 0 Å². The number of amides is 1. The summed E-state index contributed by atoms with van der Waals surface area (Å²) in [5.74, 6) is -0.274. The average molecular weight is 327 g/mol. The number of hydrogen-bond donors (Lipinski definition) is 1. The lowest BCUT2D eigenvalue weighted by Crippen LogP contribution is -2.14. The molecule has 0 saturated heterocycles. The minimum atomic E-state index is -0.274. The van der Waals surface area contributed by atoms with E-state index in [0.717, 1.165) is 10.0 Å². The van der Waals surface area contributed by atoms with Crippen LogP contribution < -0.4 is 5.32 Å². The second-order valence-electron chi connectivity index (χ2n) is 4.64. The van der Waals surface area contributed by atoms with E-state index in [9.17, 15) is 4.79 Å². The zero-order chi connectivity index (χ0) is 15.4. The molecule has 0 bridgehead atoms. The van der Waals surface area contributed by atoms with Crippen LogP contribution in [0.4, 0.5) is 5.13 Å². The molecular formula is C12H17N5O2S2. The van der Waals surface area contributed by atoms with E-state index in [-0.39, 0.29) is 12.0 Å². The molecule has 1 N–H and O–H groups in total. The van der Waals surface area contributed by atoms with E-state index in [1.54, 1.807) is 12.5 Å². The second-order valence-corrected chi connectivity index (χ2v) is 6.59. The van der Waals surface area contributed by atoms with Crippen molar-refractivity contribution in [3.63, 3.8) is 0 Å². The first-order valence-corrected chi connectivity index (χ1v) is 7.96. The number of thiazole rings is 1. The molecule has 0 aliphatic heterocycles. The highest BCUT2D eigenvalue weighted by molar-refractivity contribution is 7.15. The number of carbonyl (C=O) groups excluding carboxylic acids is 1. The molecule has 2 aromatic heterocycles. The molecule has 1 unspecified atom stereocenters. The van der Waals surface area contributed by atoms with Crippen LogP contribution >= 0.6 is 22.7 Å². The normalized spacial score (nSPS) is 12.6. The fourth-order valence-electron chi connectivity index (χ4n) is 1.47. The fourth-order valence-corrected chi connectivity index (χ4v) is 3.13. The van der Waals surface area contributed by atoms with Gasteiger partial charge in [-0.15, -0.1) is 21.5 Å². The lowest BCUT2D eigenvalue weighted by atomic mass is 10.4. The van der Waals surface area contributed by atoms with Gasteiger partial charge in [0.1, 0.15) is 21.8 Å². The summed E-state index contributed by atoms with van der Waals surface area (Å²) < 4.78 is 5.16. The lowest BCUT2D eigenvalue weighted by Gasteiger charge is -2.04. The number of methoxy groups -OCH3 is 1. The molecule has 21 heavy (non-hydrogen) atoms. The van der Waals surface area contributed by atoms with Crippen LogP contribution in [0.2, 0.25) is 0 Å². The molecule has 0 fully saturated rings. The van der Waals surface area contributed by atoms with Crippen molar-refractivity contribution < 1.29 is 9.53 Å². The minimum absolute atomic E-state index is 0.140. The molecule has 2 heterocycles. The van der Waals surface area contributed by atoms with E-state index < -0.39 is 0 Å². The number of rotatable bonds is 6. The topological polar surface area (TPSA) is 80.2 Å². The fraction of sp³-hybridized carbons (Fsp3) is 0.500. The summed E-state index contributed by atoms with van der Waals surface area (Å²) in [5, 5.41) is 14.4. The largest absolute Gasteiger partial charge is 0.374 e. The standard InChI is InChI=1S/C12H17N5O2S2/c1-7(19-4)11-15-16-12(21-11)14-10(18)8-6-20-9(13-8)5-17(2)3/h6-7H,5H2,1-4H3,(H,14,16,18). The van der Waals surface area contributed by atoms with E-state index in [0.29, 0.717) is 17.4 Å². The Balaban J connectivity index is 2.00. The summed E-state index contributed by atoms with van der Waals surface area (Å²) in [6.07, 6.45) is -0.140. The van der Waals surface area contributed by atoms with Crippen molar-refractivity contribution in [1.29, 1.82) is 0 Å². The molecule has 0 spiro atoms. The first kappa shape index (κ1) is 16.0. The zero-order valence-corrected chi connectivity index (χ0v) is 13.9. The number of aromatic nitrogens is 3. The van der Waals surface area contributed by atoms with Gasteiger partial charge in [0.25, 0.3) is 5.91 Å². The third kappa shape index (κ3) is 4.27. The van der Waals surface area contributed by atoms with Crippen molar-refractivity contribution in [2.75, 3.05) is 26.5 Å². The summed E-state index contributed by atoms with van der Waals surface area (Å²) in [6, 6.07) is 0. The monoisotopic (exact) mass is 327 g/mol. The van der Waals surface area contributed by atoms with Crippen LogP contribution in [-0.2, 0) is 11.3 Å². The van der Waals surface area contributed by atoms with Gasteiger partial charge < -0.3 is 9.64 Å². The quantitative estimate of drug-likeness (QED) is 0.874. The molecule has 1 amide bonds. The summed E-state index contributed by atoms with van der Waals surface area (Å²) in [6.45, 7) is 2.59. The summed E-state index contributed by atoms with van der Waals surface area (Å²) >= 11 is 2.76. The predicted octanol–water partition coefficient (Wildman–Crippen LogP) is 2.02. The van der Waals surface area contributed by atoms with E-state index >= 15 is 0 Å². The number of hydrogen-bond acceptors (Lipinski definition) is 8. The van der Waals surface area contributed by atoms with E-state index in [1.165, 1.54) is 22.7 Å². The Morgan fingerprint density at radius 3 is 2.90 bits per heavy atom. The Kier molecular flexibility index (Phi) is 5.34. The molecule has 0 aliphatic rings. The van der Waals surface area contributed by atoms with Crippen molar-refractivity contribution in [2.24, 2.45) is 0 Å². The Morgan fingerprint density at radius 1 is 1.48 bits per heavy atom. The third-order valence-corrected chi connectivity index (χ3v) is 4.43. The SMILES string of the molecule is COC(C)c1nnc(NC(=O)c2csc(CN(C)C)n2)s1. The van der Waals surface area contributed by atoms with Crippen LogP contribution in [0.3, 0.4) is 0 Å². The van der Waals surface area contributed by atoms with E-state index in [1.807, 2.05) is 25.9 Å². The van der Waals surface area contributed by atoms with Gasteiger partial charge in [-0.25, -0.2) is 4.98 Å². The van der Waals surface area contributed by atoms with Crippen LogP contribution in [0.25, 0.3) is 0 Å². The van der Waals surface area contributed by atoms with Gasteiger partial charge in [0, 0.05) is 19.0 Å². The highest BCUT2D eigenvalue weighted by Gasteiger charge is 2.16. The molecule has 0 saturated carbocycles. The molecular weight excluding hydrogens is 310 g/mol. The molecule has 1 atom stereocenters. The van der Waals surface area contributed by atoms with Crippen molar-refractivity contribution in [2.45, 2.75) is 19.6 Å². The average Bonchev–Trinajstić information content (AvgIpc) is 3.06. The Hall–Kier alpha value is -1.42. The Morgan fingerprint density at radius 2 is 2.24 bits per heavy atom. The second kappa shape index (κ2) is 7.03. The maximum atomic E-state index is 12.1. The molecule has 2 rings (SSSR count). The highest BCUT2D eigenvalue weighted by atomic mass is 32.1. The van der Waals surface area contributed by atoms with Crippen molar-refractivity contribution in [3.8, 4) is 0 Å². The first-order valence-electron chi connectivity index (χ1n) is 6.26. The maximum absolute atomic E-state index is 12.1. The van der Waals surface area contributed by atoms with Crippen molar-refractivity contribution in [3.05, 3.63) is 21.1 Å². The number of nitrogens with zero attached hydrogens (tertiary/aromatic N) is 4. The number of carbonyl (C=O) groups is 1.